The van der Waals surface area contributed by atoms with Crippen LogP contribution in [0.5, 0.6) is 17.6 Å². The zero-order valence-electron chi connectivity index (χ0n) is 70.3. The number of aryl methyl sites for hydroxylation is 7. The van der Waals surface area contributed by atoms with Crippen LogP contribution >= 0.6 is 0 Å². The quantitative estimate of drug-likeness (QED) is 0.0478. The van der Waals surface area contributed by atoms with Gasteiger partial charge in [-0.1, -0.05) is 65.9 Å². The number of ether oxygens (including phenoxy) is 6. The summed E-state index contributed by atoms with van der Waals surface area (Å²) in [4.78, 5) is 88.8. The van der Waals surface area contributed by atoms with Crippen LogP contribution in [0.3, 0.4) is 0 Å². The molecule has 0 N–H and O–H groups in total. The number of cyclic esters (lactones) is 3. The van der Waals surface area contributed by atoms with Crippen molar-refractivity contribution in [3.05, 3.63) is 206 Å². The molecule has 660 valence electrons. The predicted octanol–water partition coefficient (Wildman–Crippen LogP) is 18.5. The lowest BCUT2D eigenvalue weighted by atomic mass is 9.97. The number of pyridine rings is 3. The number of benzene rings is 3. The van der Waals surface area contributed by atoms with Gasteiger partial charge in [-0.15, -0.1) is 0 Å². The molecule has 3 aromatic carbocycles. The molecule has 3 amide bonds. The summed E-state index contributed by atoms with van der Waals surface area (Å²) < 4.78 is 202. The fraction of sp³-hybridized carbons (Fsp3) is 0.409. The van der Waals surface area contributed by atoms with E-state index >= 15 is 0 Å². The van der Waals surface area contributed by atoms with E-state index in [1.165, 1.54) is 42.2 Å². The maximum atomic E-state index is 13.7. The number of rotatable bonds is 21. The standard InChI is InChI=1S/C32H31F4N5O4.C29H31F4N5O3.C27H27F4N5O3/c1-16-6-20(8-22(7-16)32(34,35)36)28-18(3)41(31(42)45-28)14-26-25(11-38-30(39-26)40-12-23(33)13-40)24-9-21(10-37-29(24)43-5)27-17(2)15-44-19(27)4;1-5-6-18-9-22(26(40-4)34-11-18)23-12-35-27(37-13-21(30)14-37)36-24(23)15-38-17(3)25(41-28(38)39)19-7-16(2)8-20(10-19)29(31,32)33;1-14-5-15(2)7-17(6-14)23-16(3)36(26(37)39-23)13-22-21(10-33-25(34-22)35-11-19(28)12-35)20-8-18(27(29,30)31)9-32-24(20)38-4/h6-11,15,18,23,28H,12-14H2,1-5H3;7-12,17,21,25H,5-6,13-15H2,1-4H3;5-10,16,19,23H,11-13H2,1-4H3/t18-,28-;17-,25-;16-,23-/m000/s1. The highest BCUT2D eigenvalue weighted by molar-refractivity contribution is 5.81. The Morgan fingerprint density at radius 1 is 0.408 bits per heavy atom. The van der Waals surface area contributed by atoms with Gasteiger partial charge in [-0.3, -0.25) is 14.7 Å². The Bertz CT molecular complexity index is 5670. The normalized spacial score (nSPS) is 19.3. The summed E-state index contributed by atoms with van der Waals surface area (Å²) in [7, 11) is 4.28. The monoisotopic (exact) mass is 1740 g/mol. The smallest absolute Gasteiger partial charge is 0.417 e. The minimum absolute atomic E-state index is 0.0203. The molecule has 0 bridgehead atoms. The Labute approximate surface area is 711 Å². The van der Waals surface area contributed by atoms with Gasteiger partial charge >= 0.3 is 36.8 Å². The summed E-state index contributed by atoms with van der Waals surface area (Å²) in [5, 5.41) is 0. The lowest BCUT2D eigenvalue weighted by Crippen LogP contribution is -2.49. The largest absolute Gasteiger partial charge is 0.481 e. The maximum Gasteiger partial charge on any atom is 0.417 e. The maximum absolute atomic E-state index is 13.7. The summed E-state index contributed by atoms with van der Waals surface area (Å²) in [5.74, 6) is 2.12. The van der Waals surface area contributed by atoms with E-state index in [-0.39, 0.29) is 111 Å². The molecule has 0 spiro atoms. The third-order valence-corrected chi connectivity index (χ3v) is 22.5. The first-order chi connectivity index (χ1) is 59.2. The molecule has 7 aromatic heterocycles. The third-order valence-electron chi connectivity index (χ3n) is 22.5. The van der Waals surface area contributed by atoms with Gasteiger partial charge in [-0.25, -0.2) is 72.4 Å². The Morgan fingerprint density at radius 2 is 0.752 bits per heavy atom. The van der Waals surface area contributed by atoms with E-state index in [4.69, 9.17) is 42.8 Å². The van der Waals surface area contributed by atoms with E-state index in [1.54, 1.807) is 85.6 Å². The highest BCUT2D eigenvalue weighted by Crippen LogP contribution is 2.46. The molecule has 0 saturated carbocycles. The topological polar surface area (TPSA) is 255 Å². The van der Waals surface area contributed by atoms with Gasteiger partial charge in [0.15, 0.2) is 0 Å². The summed E-state index contributed by atoms with van der Waals surface area (Å²) in [6, 6.07) is 16.3. The van der Waals surface area contributed by atoms with E-state index in [2.05, 4.69) is 41.8 Å². The van der Waals surface area contributed by atoms with Crippen molar-refractivity contribution in [3.63, 3.8) is 0 Å². The molecule has 6 aliphatic heterocycles. The lowest BCUT2D eigenvalue weighted by Gasteiger charge is -2.34. The number of halogens is 12. The highest BCUT2D eigenvalue weighted by atomic mass is 19.4. The molecule has 37 heteroatoms. The fourth-order valence-electron chi connectivity index (χ4n) is 16.1. The van der Waals surface area contributed by atoms with Crippen molar-refractivity contribution in [1.29, 1.82) is 0 Å². The molecular weight excluding hydrogens is 1660 g/mol. The number of hydrogen-bond donors (Lipinski definition) is 0. The van der Waals surface area contributed by atoms with E-state index in [1.807, 2.05) is 65.0 Å². The number of hydrogen-bond acceptors (Lipinski definition) is 22. The van der Waals surface area contributed by atoms with Crippen molar-refractivity contribution in [2.24, 2.45) is 0 Å². The second-order valence-corrected chi connectivity index (χ2v) is 31.9. The van der Waals surface area contributed by atoms with Crippen LogP contribution in [0.15, 0.2) is 121 Å². The average molecular weight is 1740 g/mol. The number of methoxy groups -OCH3 is 3. The summed E-state index contributed by atoms with van der Waals surface area (Å²) in [6.07, 6.45) is -9.09. The molecular formula is C88H89F12N15O10. The van der Waals surface area contributed by atoms with Gasteiger partial charge in [-0.2, -0.15) is 39.5 Å². The lowest BCUT2D eigenvalue weighted by molar-refractivity contribution is -0.138. The van der Waals surface area contributed by atoms with E-state index in [0.29, 0.717) is 68.6 Å². The second kappa shape index (κ2) is 35.6. The Balaban J connectivity index is 0.000000153. The SMILES string of the molecule is CCCc1cnc(OC)c(-c2cnc(N3CC(F)C3)nc2CN2C(=O)O[C@H](c3cc(C)cc(C(F)(F)F)c3)[C@@H]2C)c1.COc1ncc(-c2c(C)coc2C)cc1-c1cnc(N2CC(F)C2)nc1CN1C(=O)O[C@H](c2cc(C)cc(C(F)(F)F)c2)[C@@H]1C.COc1ncc(C(F)(F)F)cc1-c1cnc(N2CC(F)C2)nc1CN1C(=O)O[C@H](c2cc(C)cc(C)c2)[C@@H]1C. The summed E-state index contributed by atoms with van der Waals surface area (Å²) in [5.41, 5.74) is 8.78. The van der Waals surface area contributed by atoms with Crippen LogP contribution < -0.4 is 28.9 Å². The number of amides is 3. The molecule has 6 aliphatic rings. The first kappa shape index (κ1) is 88.7. The molecule has 0 aliphatic carbocycles. The Hall–Kier alpha value is -12.6. The molecule has 25 nitrogen and oxygen atoms in total. The highest BCUT2D eigenvalue weighted by Gasteiger charge is 2.47. The van der Waals surface area contributed by atoms with E-state index in [0.717, 1.165) is 82.1 Å². The molecule has 6 fully saturated rings. The molecule has 0 unspecified atom stereocenters. The molecule has 16 rings (SSSR count). The van der Waals surface area contributed by atoms with Gasteiger partial charge in [-0.05, 0) is 139 Å². The Kier molecular flexibility index (Phi) is 25.2. The zero-order valence-corrected chi connectivity index (χ0v) is 70.3. The molecule has 125 heavy (non-hydrogen) atoms. The van der Waals surface area contributed by atoms with E-state index in [9.17, 15) is 67.1 Å². The number of alkyl halides is 12. The van der Waals surface area contributed by atoms with Gasteiger partial charge in [0.1, 0.15) is 42.6 Å². The van der Waals surface area contributed by atoms with Gasteiger partial charge < -0.3 is 47.5 Å². The first-order valence-corrected chi connectivity index (χ1v) is 40.1. The van der Waals surface area contributed by atoms with Crippen LogP contribution in [0.4, 0.5) is 84.9 Å². The Morgan fingerprint density at radius 3 is 1.10 bits per heavy atom. The van der Waals surface area contributed by atoms with E-state index < -0.39 is 108 Å². The molecule has 0 radical (unpaired) electrons. The number of carbonyl (C=O) groups is 3. The number of nitrogens with zero attached hydrogens (tertiary/aromatic N) is 15. The molecule has 10 aromatic rings. The average Bonchev–Trinajstić information content (AvgIpc) is 1.76. The van der Waals surface area contributed by atoms with Crippen LogP contribution in [0.2, 0.25) is 0 Å². The summed E-state index contributed by atoms with van der Waals surface area (Å²) >= 11 is 0. The van der Waals surface area contributed by atoms with Crippen LogP contribution in [0.1, 0.15) is 142 Å². The predicted molar refractivity (Wildman–Crippen MR) is 434 cm³/mol. The minimum atomic E-state index is -4.64. The van der Waals surface area contributed by atoms with Gasteiger partial charge in [0.25, 0.3) is 0 Å². The second-order valence-electron chi connectivity index (χ2n) is 31.9. The third kappa shape index (κ3) is 18.9. The van der Waals surface area contributed by atoms with Gasteiger partial charge in [0.2, 0.25) is 35.5 Å². The van der Waals surface area contributed by atoms with Crippen molar-refractivity contribution in [2.45, 2.75) is 175 Å². The van der Waals surface area contributed by atoms with Crippen LogP contribution in [-0.2, 0) is 58.8 Å². The number of anilines is 3. The van der Waals surface area contributed by atoms with Gasteiger partial charge in [0, 0.05) is 81.7 Å². The van der Waals surface area contributed by atoms with Crippen molar-refractivity contribution < 1.29 is 99.9 Å². The van der Waals surface area contributed by atoms with Crippen LogP contribution in [0, 0.1) is 41.5 Å². The van der Waals surface area contributed by atoms with Crippen molar-refractivity contribution >= 4 is 36.1 Å². The summed E-state index contributed by atoms with van der Waals surface area (Å²) in [6.45, 7) is 18.8. The van der Waals surface area contributed by atoms with Gasteiger partial charge in [0.05, 0.1) is 138 Å². The molecule has 6 atom stereocenters. The minimum Gasteiger partial charge on any atom is -0.481 e. The van der Waals surface area contributed by atoms with Crippen LogP contribution in [0.25, 0.3) is 44.5 Å². The molecule has 13 heterocycles. The van der Waals surface area contributed by atoms with Crippen LogP contribution in [-0.4, -0.2) is 175 Å². The molecule has 6 saturated heterocycles. The first-order valence-electron chi connectivity index (χ1n) is 40.1. The number of furan rings is 1. The number of carbonyl (C=O) groups excluding carboxylic acids is 3. The van der Waals surface area contributed by atoms with Crippen molar-refractivity contribution in [1.82, 2.24) is 59.6 Å². The van der Waals surface area contributed by atoms with Crippen molar-refractivity contribution in [3.8, 4) is 62.1 Å². The van der Waals surface area contributed by atoms with Crippen molar-refractivity contribution in [2.75, 3.05) is 75.3 Å². The zero-order chi connectivity index (χ0) is 89.7. The fourth-order valence-corrected chi connectivity index (χ4v) is 16.1. The number of aromatic nitrogens is 9.